The lowest BCUT2D eigenvalue weighted by Gasteiger charge is -2.29. The highest BCUT2D eigenvalue weighted by Gasteiger charge is 2.35. The van der Waals surface area contributed by atoms with E-state index in [1.165, 1.54) is 38.5 Å². The Balaban J connectivity index is 2.07. The maximum absolute atomic E-state index is 14.2. The van der Waals surface area contributed by atoms with Gasteiger partial charge in [-0.3, -0.25) is 14.9 Å². The first-order valence-electron chi connectivity index (χ1n) is 7.95. The van der Waals surface area contributed by atoms with Gasteiger partial charge in [0.05, 0.1) is 23.5 Å². The zero-order valence-corrected chi connectivity index (χ0v) is 17.8. The zero-order valence-electron chi connectivity index (χ0n) is 14.8. The minimum absolute atomic E-state index is 0.0368. The third kappa shape index (κ3) is 3.72. The van der Waals surface area contributed by atoms with Gasteiger partial charge >= 0.3 is 0 Å². The molecule has 6 nitrogen and oxygen atoms in total. The average molecular weight is 512 g/mol. The fourth-order valence-electron chi connectivity index (χ4n) is 2.70. The number of amides is 2. The van der Waals surface area contributed by atoms with Crippen molar-refractivity contribution in [1.29, 1.82) is 0 Å². The normalized spacial score (nSPS) is 15.6. The highest BCUT2D eigenvalue weighted by atomic mass is 127. The van der Waals surface area contributed by atoms with Gasteiger partial charge in [0.2, 0.25) is 0 Å². The van der Waals surface area contributed by atoms with Gasteiger partial charge in [0, 0.05) is 0 Å². The molecule has 28 heavy (non-hydrogen) atoms. The number of methoxy groups -OCH3 is 2. The zero-order chi connectivity index (χ0) is 20.4. The van der Waals surface area contributed by atoms with Gasteiger partial charge in [-0.2, -0.15) is 0 Å². The molecule has 2 aromatic rings. The molecule has 1 fully saturated rings. The van der Waals surface area contributed by atoms with Gasteiger partial charge in [0.1, 0.15) is 11.4 Å². The summed E-state index contributed by atoms with van der Waals surface area (Å²) < 4.78 is 25.5. The molecule has 1 heterocycles. The van der Waals surface area contributed by atoms with Crippen LogP contribution in [0, 0.1) is 9.39 Å². The topological polar surface area (TPSA) is 67.9 Å². The molecule has 1 N–H and O–H groups in total. The molecule has 9 heteroatoms. The van der Waals surface area contributed by atoms with Crippen LogP contribution in [-0.4, -0.2) is 31.1 Å². The lowest BCUT2D eigenvalue weighted by molar-refractivity contribution is -0.122. The van der Waals surface area contributed by atoms with Gasteiger partial charge in [-0.1, -0.05) is 12.1 Å². The van der Waals surface area contributed by atoms with E-state index in [2.05, 4.69) is 27.9 Å². The van der Waals surface area contributed by atoms with Crippen LogP contribution in [0.2, 0.25) is 0 Å². The third-order valence-electron chi connectivity index (χ3n) is 3.96. The molecule has 0 saturated carbocycles. The molecule has 0 aromatic heterocycles. The van der Waals surface area contributed by atoms with E-state index in [9.17, 15) is 14.0 Å². The number of para-hydroxylation sites is 1. The molecule has 0 radical (unpaired) electrons. The number of halogens is 2. The molecular formula is C19H14FIN2O4S. The number of nitrogens with one attached hydrogen (secondary N) is 1. The maximum Gasteiger partial charge on any atom is 0.270 e. The van der Waals surface area contributed by atoms with E-state index in [0.29, 0.717) is 17.1 Å². The van der Waals surface area contributed by atoms with E-state index in [-0.39, 0.29) is 16.4 Å². The van der Waals surface area contributed by atoms with Gasteiger partial charge in [0.25, 0.3) is 11.8 Å². The Hall–Kier alpha value is -2.53. The van der Waals surface area contributed by atoms with Crippen molar-refractivity contribution < 1.29 is 23.5 Å². The van der Waals surface area contributed by atoms with Crippen LogP contribution in [-0.2, 0) is 9.59 Å². The van der Waals surface area contributed by atoms with E-state index in [4.69, 9.17) is 21.7 Å². The summed E-state index contributed by atoms with van der Waals surface area (Å²) in [4.78, 5) is 26.3. The molecule has 2 aromatic carbocycles. The number of ether oxygens (including phenoxy) is 2. The number of hydrogen-bond donors (Lipinski definition) is 1. The SMILES string of the molecule is COc1cc(/C=C2\C(=O)NC(=S)N(c3ccccc3F)C2=O)cc(I)c1OC. The molecule has 0 spiro atoms. The van der Waals surface area contributed by atoms with Crippen molar-refractivity contribution in [1.82, 2.24) is 5.32 Å². The first kappa shape index (κ1) is 20.2. The number of hydrogen-bond acceptors (Lipinski definition) is 5. The molecule has 1 saturated heterocycles. The molecule has 1 aliphatic heterocycles. The van der Waals surface area contributed by atoms with Crippen molar-refractivity contribution in [2.45, 2.75) is 0 Å². The molecule has 0 aliphatic carbocycles. The van der Waals surface area contributed by atoms with Crippen LogP contribution < -0.4 is 19.7 Å². The summed E-state index contributed by atoms with van der Waals surface area (Å²) in [6, 6.07) is 9.06. The van der Waals surface area contributed by atoms with Gasteiger partial charge < -0.3 is 9.47 Å². The van der Waals surface area contributed by atoms with E-state index < -0.39 is 17.6 Å². The second-order valence-electron chi connectivity index (χ2n) is 5.65. The van der Waals surface area contributed by atoms with Gasteiger partial charge in [-0.25, -0.2) is 9.29 Å². The minimum Gasteiger partial charge on any atom is -0.493 e. The minimum atomic E-state index is -0.719. The Bertz CT molecular complexity index is 1020. The third-order valence-corrected chi connectivity index (χ3v) is 5.05. The van der Waals surface area contributed by atoms with Gasteiger partial charge in [-0.05, 0) is 70.7 Å². The molecule has 0 unspecified atom stereocenters. The first-order valence-corrected chi connectivity index (χ1v) is 9.43. The van der Waals surface area contributed by atoms with E-state index in [1.54, 1.807) is 18.2 Å². The second kappa shape index (κ2) is 8.23. The first-order chi connectivity index (χ1) is 13.4. The Morgan fingerprint density at radius 1 is 1.18 bits per heavy atom. The predicted molar refractivity (Wildman–Crippen MR) is 115 cm³/mol. The molecule has 0 atom stereocenters. The van der Waals surface area contributed by atoms with Crippen LogP contribution in [0.3, 0.4) is 0 Å². The number of benzene rings is 2. The quantitative estimate of drug-likeness (QED) is 0.295. The predicted octanol–water partition coefficient (Wildman–Crippen LogP) is 3.28. The molecule has 3 rings (SSSR count). The van der Waals surface area contributed by atoms with E-state index >= 15 is 0 Å². The van der Waals surface area contributed by atoms with E-state index in [0.717, 1.165) is 8.47 Å². The number of carbonyl (C=O) groups excluding carboxylic acids is 2. The Morgan fingerprint density at radius 3 is 2.54 bits per heavy atom. The summed E-state index contributed by atoms with van der Waals surface area (Å²) in [5.74, 6) is -1.02. The second-order valence-corrected chi connectivity index (χ2v) is 7.20. The van der Waals surface area contributed by atoms with Crippen molar-refractivity contribution in [3.63, 3.8) is 0 Å². The van der Waals surface area contributed by atoms with Crippen LogP contribution in [0.15, 0.2) is 42.0 Å². The Labute approximate surface area is 179 Å². The standard InChI is InChI=1S/C19H14FIN2O4S/c1-26-15-9-10(8-13(21)16(15)27-2)7-11-17(24)22-19(28)23(18(11)25)14-6-4-3-5-12(14)20/h3-9H,1-2H3,(H,22,24,28)/b11-7+. The summed E-state index contributed by atoms with van der Waals surface area (Å²) >= 11 is 7.14. The van der Waals surface area contributed by atoms with Crippen LogP contribution in [0.4, 0.5) is 10.1 Å². The number of nitrogens with zero attached hydrogens (tertiary/aromatic N) is 1. The summed E-state index contributed by atoms with van der Waals surface area (Å²) in [6.07, 6.45) is 1.40. The molecule has 1 aliphatic rings. The largest absolute Gasteiger partial charge is 0.493 e. The van der Waals surface area contributed by atoms with Crippen LogP contribution in [0.25, 0.3) is 6.08 Å². The van der Waals surface area contributed by atoms with Crippen molar-refractivity contribution in [2.75, 3.05) is 19.1 Å². The summed E-state index contributed by atoms with van der Waals surface area (Å²) in [5.41, 5.74) is 0.326. The fraction of sp³-hybridized carbons (Fsp3) is 0.105. The van der Waals surface area contributed by atoms with Crippen molar-refractivity contribution in [3.8, 4) is 11.5 Å². The Kier molecular flexibility index (Phi) is 5.94. The molecule has 2 amide bonds. The van der Waals surface area contributed by atoms with Crippen LogP contribution >= 0.6 is 34.8 Å². The number of carbonyl (C=O) groups is 2. The van der Waals surface area contributed by atoms with Crippen LogP contribution in [0.5, 0.6) is 11.5 Å². The molecular weight excluding hydrogens is 498 g/mol. The van der Waals surface area contributed by atoms with Crippen molar-refractivity contribution in [3.05, 3.63) is 56.9 Å². The summed E-state index contributed by atoms with van der Waals surface area (Å²) in [7, 11) is 3.01. The highest BCUT2D eigenvalue weighted by molar-refractivity contribution is 14.1. The average Bonchev–Trinajstić information content (AvgIpc) is 2.66. The maximum atomic E-state index is 14.2. The lowest BCUT2D eigenvalue weighted by Crippen LogP contribution is -2.54. The monoisotopic (exact) mass is 512 g/mol. The van der Waals surface area contributed by atoms with Crippen molar-refractivity contribution >= 4 is 63.5 Å². The van der Waals surface area contributed by atoms with E-state index in [1.807, 2.05) is 0 Å². The smallest absolute Gasteiger partial charge is 0.270 e. The van der Waals surface area contributed by atoms with Crippen LogP contribution in [0.1, 0.15) is 5.56 Å². The Morgan fingerprint density at radius 2 is 1.89 bits per heavy atom. The van der Waals surface area contributed by atoms with Gasteiger partial charge in [0.15, 0.2) is 16.6 Å². The summed E-state index contributed by atoms with van der Waals surface area (Å²) in [6.45, 7) is 0. The fourth-order valence-corrected chi connectivity index (χ4v) is 3.82. The van der Waals surface area contributed by atoms with Gasteiger partial charge in [-0.15, -0.1) is 0 Å². The molecule has 0 bridgehead atoms. The lowest BCUT2D eigenvalue weighted by atomic mass is 10.1. The highest BCUT2D eigenvalue weighted by Crippen LogP contribution is 2.34. The summed E-state index contributed by atoms with van der Waals surface area (Å²) in [5, 5.41) is 2.25. The molecule has 144 valence electrons. The number of anilines is 1. The number of thiocarbonyl (C=S) groups is 1. The van der Waals surface area contributed by atoms with Crippen molar-refractivity contribution in [2.24, 2.45) is 0 Å². The number of rotatable bonds is 4.